The lowest BCUT2D eigenvalue weighted by Crippen LogP contribution is -2.38. The summed E-state index contributed by atoms with van der Waals surface area (Å²) in [6.45, 7) is 6.44. The van der Waals surface area contributed by atoms with Gasteiger partial charge in [-0.1, -0.05) is 33.1 Å². The first kappa shape index (κ1) is 16.1. The van der Waals surface area contributed by atoms with E-state index in [1.165, 1.54) is 6.42 Å². The summed E-state index contributed by atoms with van der Waals surface area (Å²) in [6.07, 6.45) is 8.45. The van der Waals surface area contributed by atoms with Gasteiger partial charge in [0.1, 0.15) is 0 Å². The van der Waals surface area contributed by atoms with E-state index in [1.807, 2.05) is 16.9 Å². The van der Waals surface area contributed by atoms with Gasteiger partial charge in [0.25, 0.3) is 0 Å². The van der Waals surface area contributed by atoms with Crippen molar-refractivity contribution in [1.82, 2.24) is 9.78 Å². The summed E-state index contributed by atoms with van der Waals surface area (Å²) < 4.78 is 1.96. The van der Waals surface area contributed by atoms with E-state index in [0.717, 1.165) is 37.8 Å². The Hall–Kier alpha value is -1.32. The number of carboxylic acid groups (broad SMARTS) is 1. The minimum atomic E-state index is -0.640. The summed E-state index contributed by atoms with van der Waals surface area (Å²) in [5, 5.41) is 14.4. The Labute approximate surface area is 127 Å². The molecule has 1 aliphatic rings. The predicted octanol–water partition coefficient (Wildman–Crippen LogP) is 4.07. The van der Waals surface area contributed by atoms with Gasteiger partial charge in [0.15, 0.2) is 0 Å². The van der Waals surface area contributed by atoms with Crippen molar-refractivity contribution in [2.45, 2.75) is 71.8 Å². The number of aliphatic carboxylic acids is 1. The summed E-state index contributed by atoms with van der Waals surface area (Å²) in [5.74, 6) is -0.0924. The molecule has 4 nitrogen and oxygen atoms in total. The molecule has 0 radical (unpaired) electrons. The summed E-state index contributed by atoms with van der Waals surface area (Å²) in [7, 11) is 0. The average Bonchev–Trinajstić information content (AvgIpc) is 2.94. The number of aromatic nitrogens is 2. The Morgan fingerprint density at radius 2 is 2.33 bits per heavy atom. The van der Waals surface area contributed by atoms with Gasteiger partial charge in [0.2, 0.25) is 0 Å². The molecule has 3 atom stereocenters. The molecule has 118 valence electrons. The van der Waals surface area contributed by atoms with Crippen molar-refractivity contribution in [3.8, 4) is 0 Å². The highest BCUT2D eigenvalue weighted by Gasteiger charge is 2.43. The Morgan fingerprint density at radius 1 is 1.57 bits per heavy atom. The molecule has 0 amide bonds. The van der Waals surface area contributed by atoms with Crippen LogP contribution in [0, 0.1) is 11.3 Å². The van der Waals surface area contributed by atoms with Crippen molar-refractivity contribution < 1.29 is 9.90 Å². The summed E-state index contributed by atoms with van der Waals surface area (Å²) >= 11 is 0. The minimum Gasteiger partial charge on any atom is -0.481 e. The Balaban J connectivity index is 2.16. The van der Waals surface area contributed by atoms with Crippen LogP contribution in [0.15, 0.2) is 12.3 Å². The normalized spacial score (nSPS) is 27.5. The largest absolute Gasteiger partial charge is 0.481 e. The van der Waals surface area contributed by atoms with Crippen molar-refractivity contribution >= 4 is 5.97 Å². The fourth-order valence-electron chi connectivity index (χ4n) is 3.52. The maximum Gasteiger partial charge on any atom is 0.310 e. The van der Waals surface area contributed by atoms with Gasteiger partial charge in [-0.05, 0) is 38.2 Å². The van der Waals surface area contributed by atoms with E-state index in [-0.39, 0.29) is 0 Å². The third-order valence-electron chi connectivity index (χ3n) is 5.20. The lowest BCUT2D eigenvalue weighted by atomic mass is 9.66. The maximum atomic E-state index is 11.9. The quantitative estimate of drug-likeness (QED) is 0.860. The lowest BCUT2D eigenvalue weighted by molar-refractivity contribution is -0.152. The molecule has 0 aromatic carbocycles. The van der Waals surface area contributed by atoms with Gasteiger partial charge >= 0.3 is 5.97 Å². The Morgan fingerprint density at radius 3 is 2.95 bits per heavy atom. The van der Waals surface area contributed by atoms with E-state index in [2.05, 4.69) is 25.9 Å². The molecule has 1 aliphatic carbocycles. The minimum absolute atomic E-state index is 0.370. The molecular weight excluding hydrogens is 264 g/mol. The molecule has 2 rings (SSSR count). The summed E-state index contributed by atoms with van der Waals surface area (Å²) in [4.78, 5) is 11.9. The van der Waals surface area contributed by atoms with Crippen molar-refractivity contribution in [2.24, 2.45) is 11.3 Å². The van der Waals surface area contributed by atoms with Gasteiger partial charge < -0.3 is 5.11 Å². The molecule has 0 spiro atoms. The number of hydrogen-bond donors (Lipinski definition) is 1. The smallest absolute Gasteiger partial charge is 0.310 e. The van der Waals surface area contributed by atoms with Crippen LogP contribution in [-0.2, 0) is 11.2 Å². The zero-order chi connectivity index (χ0) is 15.5. The first-order valence-corrected chi connectivity index (χ1v) is 8.28. The molecule has 1 N–H and O–H groups in total. The number of rotatable bonds is 6. The van der Waals surface area contributed by atoms with E-state index < -0.39 is 11.4 Å². The molecule has 1 aromatic rings. The van der Waals surface area contributed by atoms with Crippen LogP contribution in [-0.4, -0.2) is 20.9 Å². The zero-order valence-electron chi connectivity index (χ0n) is 13.5. The fraction of sp³-hybridized carbons (Fsp3) is 0.765. The van der Waals surface area contributed by atoms with Gasteiger partial charge in [-0.15, -0.1) is 0 Å². The fourth-order valence-corrected chi connectivity index (χ4v) is 3.52. The average molecular weight is 292 g/mol. The third-order valence-corrected chi connectivity index (χ3v) is 5.20. The molecule has 0 bridgehead atoms. The lowest BCUT2D eigenvalue weighted by Gasteiger charge is -2.37. The van der Waals surface area contributed by atoms with Gasteiger partial charge in [0, 0.05) is 18.7 Å². The van der Waals surface area contributed by atoms with E-state index in [0.29, 0.717) is 18.4 Å². The summed E-state index contributed by atoms with van der Waals surface area (Å²) in [6, 6.07) is 2.36. The predicted molar refractivity (Wildman–Crippen MR) is 83.3 cm³/mol. The van der Waals surface area contributed by atoms with Crippen LogP contribution in [0.2, 0.25) is 0 Å². The van der Waals surface area contributed by atoms with Crippen LogP contribution >= 0.6 is 0 Å². The van der Waals surface area contributed by atoms with Crippen molar-refractivity contribution in [2.75, 3.05) is 0 Å². The molecular formula is C17H28N2O2. The van der Waals surface area contributed by atoms with Crippen LogP contribution in [0.1, 0.15) is 71.0 Å². The molecule has 0 aliphatic heterocycles. The topological polar surface area (TPSA) is 55.1 Å². The second-order valence-corrected chi connectivity index (χ2v) is 6.68. The Bertz CT molecular complexity index is 483. The van der Waals surface area contributed by atoms with Crippen molar-refractivity contribution in [3.63, 3.8) is 0 Å². The molecule has 3 unspecified atom stereocenters. The van der Waals surface area contributed by atoms with Gasteiger partial charge in [-0.3, -0.25) is 9.48 Å². The highest BCUT2D eigenvalue weighted by Crippen LogP contribution is 2.43. The number of hydrogen-bond acceptors (Lipinski definition) is 2. The molecule has 21 heavy (non-hydrogen) atoms. The highest BCUT2D eigenvalue weighted by atomic mass is 16.4. The van der Waals surface area contributed by atoms with Gasteiger partial charge in [-0.2, -0.15) is 5.10 Å². The number of carboxylic acids is 1. The Kier molecular flexibility index (Phi) is 5.07. The van der Waals surface area contributed by atoms with E-state index >= 15 is 0 Å². The molecule has 1 fully saturated rings. The highest BCUT2D eigenvalue weighted by molar-refractivity contribution is 5.75. The third kappa shape index (κ3) is 3.47. The van der Waals surface area contributed by atoms with Crippen LogP contribution < -0.4 is 0 Å². The zero-order valence-corrected chi connectivity index (χ0v) is 13.5. The van der Waals surface area contributed by atoms with Crippen LogP contribution in [0.5, 0.6) is 0 Å². The molecule has 0 saturated heterocycles. The molecule has 1 aromatic heterocycles. The van der Waals surface area contributed by atoms with Crippen molar-refractivity contribution in [1.29, 1.82) is 0 Å². The van der Waals surface area contributed by atoms with Crippen LogP contribution in [0.25, 0.3) is 0 Å². The standard InChI is InChI=1S/C17H28N2O2/c1-4-13(3)19-10-8-15(18-19)12-17(16(20)21)9-6-7-14(5-2)11-17/h8,10,13-14H,4-7,9,11-12H2,1-3H3,(H,20,21). The molecule has 4 heteroatoms. The van der Waals surface area contributed by atoms with Crippen molar-refractivity contribution in [3.05, 3.63) is 18.0 Å². The van der Waals surface area contributed by atoms with E-state index in [9.17, 15) is 9.90 Å². The number of nitrogens with zero attached hydrogens (tertiary/aromatic N) is 2. The summed E-state index contributed by atoms with van der Waals surface area (Å²) in [5.41, 5.74) is 0.322. The van der Waals surface area contributed by atoms with E-state index in [4.69, 9.17) is 0 Å². The van der Waals surface area contributed by atoms with Gasteiger partial charge in [-0.25, -0.2) is 0 Å². The molecule has 1 heterocycles. The van der Waals surface area contributed by atoms with E-state index in [1.54, 1.807) is 0 Å². The number of carbonyl (C=O) groups is 1. The maximum absolute atomic E-state index is 11.9. The monoisotopic (exact) mass is 292 g/mol. The molecule has 1 saturated carbocycles. The first-order chi connectivity index (χ1) is 10.0. The SMILES string of the molecule is CCC1CCCC(Cc2ccn(C(C)CC)n2)(C(=O)O)C1. The second-order valence-electron chi connectivity index (χ2n) is 6.68. The van der Waals surface area contributed by atoms with Crippen LogP contribution in [0.4, 0.5) is 0 Å². The van der Waals surface area contributed by atoms with Crippen LogP contribution in [0.3, 0.4) is 0 Å². The second kappa shape index (κ2) is 6.63. The first-order valence-electron chi connectivity index (χ1n) is 8.28. The van der Waals surface area contributed by atoms with Gasteiger partial charge in [0.05, 0.1) is 11.1 Å².